The number of benzene rings is 3. The monoisotopic (exact) mass is 396 g/mol. The molecule has 0 amide bonds. The molecule has 0 spiro atoms. The first-order chi connectivity index (χ1) is 14.0. The van der Waals surface area contributed by atoms with Crippen LogP contribution in [0, 0.1) is 0 Å². The van der Waals surface area contributed by atoms with E-state index in [2.05, 4.69) is 10.6 Å². The van der Waals surface area contributed by atoms with Crippen LogP contribution in [0.4, 0.5) is 24.5 Å². The second kappa shape index (κ2) is 9.10. The molecular weight excluding hydrogens is 377 g/mol. The van der Waals surface area contributed by atoms with Crippen LogP contribution in [0.25, 0.3) is 5.70 Å². The molecule has 0 bridgehead atoms. The zero-order valence-corrected chi connectivity index (χ0v) is 15.4. The van der Waals surface area contributed by atoms with Gasteiger partial charge in [0.1, 0.15) is 6.29 Å². The number of anilines is 2. The fraction of sp³-hybridized carbons (Fsp3) is 0.0870. The molecule has 3 aromatic rings. The van der Waals surface area contributed by atoms with E-state index in [9.17, 15) is 18.0 Å². The molecule has 0 fully saturated rings. The van der Waals surface area contributed by atoms with Crippen LogP contribution in [-0.2, 0) is 17.5 Å². The predicted octanol–water partition coefficient (Wildman–Crippen LogP) is 5.97. The summed E-state index contributed by atoms with van der Waals surface area (Å²) < 4.78 is 39.0. The lowest BCUT2D eigenvalue weighted by atomic mass is 10.1. The third-order valence-electron chi connectivity index (χ3n) is 4.25. The Kier molecular flexibility index (Phi) is 6.34. The molecular formula is C23H19F3N2O. The Morgan fingerprint density at radius 3 is 2.34 bits per heavy atom. The van der Waals surface area contributed by atoms with Gasteiger partial charge in [0.25, 0.3) is 0 Å². The molecule has 3 aromatic carbocycles. The third kappa shape index (κ3) is 5.48. The van der Waals surface area contributed by atoms with Crippen LogP contribution in [0.1, 0.15) is 16.7 Å². The first-order valence-electron chi connectivity index (χ1n) is 8.94. The largest absolute Gasteiger partial charge is 0.416 e. The van der Waals surface area contributed by atoms with Gasteiger partial charge in [0.05, 0.1) is 11.3 Å². The van der Waals surface area contributed by atoms with Gasteiger partial charge >= 0.3 is 6.18 Å². The van der Waals surface area contributed by atoms with E-state index in [1.807, 2.05) is 42.5 Å². The SMILES string of the molecule is O=C/C=C(/Nc1cccc(C(F)(F)F)c1)c1ccccc1NCc1ccccc1. The number of alkyl halides is 3. The minimum atomic E-state index is -4.44. The maximum atomic E-state index is 13.0. The Hall–Kier alpha value is -3.54. The summed E-state index contributed by atoms with van der Waals surface area (Å²) in [5, 5.41) is 6.25. The third-order valence-corrected chi connectivity index (χ3v) is 4.25. The molecule has 29 heavy (non-hydrogen) atoms. The molecule has 3 nitrogen and oxygen atoms in total. The van der Waals surface area contributed by atoms with Crippen molar-refractivity contribution >= 4 is 23.4 Å². The minimum absolute atomic E-state index is 0.241. The standard InChI is InChI=1S/C23H19F3N2O/c24-23(25,26)18-9-6-10-19(15-18)28-22(13-14-29)20-11-4-5-12-21(20)27-16-17-7-2-1-3-8-17/h1-15,27-28H,16H2/b22-13+. The van der Waals surface area contributed by atoms with Gasteiger partial charge < -0.3 is 10.6 Å². The van der Waals surface area contributed by atoms with Gasteiger partial charge in [-0.3, -0.25) is 4.79 Å². The minimum Gasteiger partial charge on any atom is -0.380 e. The fourth-order valence-electron chi connectivity index (χ4n) is 2.86. The molecule has 0 aliphatic heterocycles. The summed E-state index contributed by atoms with van der Waals surface area (Å²) >= 11 is 0. The Balaban J connectivity index is 1.87. The van der Waals surface area contributed by atoms with E-state index in [-0.39, 0.29) is 5.69 Å². The van der Waals surface area contributed by atoms with E-state index in [1.54, 1.807) is 12.1 Å². The van der Waals surface area contributed by atoms with Crippen molar-refractivity contribution < 1.29 is 18.0 Å². The normalized spacial score (nSPS) is 11.8. The highest BCUT2D eigenvalue weighted by Gasteiger charge is 2.30. The molecule has 0 atom stereocenters. The summed E-state index contributed by atoms with van der Waals surface area (Å²) in [6.07, 6.45) is -2.55. The van der Waals surface area contributed by atoms with Gasteiger partial charge in [-0.1, -0.05) is 54.6 Å². The van der Waals surface area contributed by atoms with Gasteiger partial charge in [0.15, 0.2) is 0 Å². The Morgan fingerprint density at radius 1 is 0.897 bits per heavy atom. The predicted molar refractivity (Wildman–Crippen MR) is 109 cm³/mol. The number of aldehydes is 1. The Bertz CT molecular complexity index is 998. The Labute approximate surface area is 166 Å². The van der Waals surface area contributed by atoms with Crippen LogP contribution in [0.5, 0.6) is 0 Å². The first-order valence-corrected chi connectivity index (χ1v) is 8.94. The summed E-state index contributed by atoms with van der Waals surface area (Å²) in [5.41, 5.74) is 2.38. The van der Waals surface area contributed by atoms with Crippen molar-refractivity contribution in [3.8, 4) is 0 Å². The lowest BCUT2D eigenvalue weighted by Crippen LogP contribution is -2.08. The number of hydrogen-bond acceptors (Lipinski definition) is 3. The maximum Gasteiger partial charge on any atom is 0.416 e. The van der Waals surface area contributed by atoms with E-state index >= 15 is 0 Å². The van der Waals surface area contributed by atoms with Crippen LogP contribution < -0.4 is 10.6 Å². The van der Waals surface area contributed by atoms with Crippen LogP contribution in [-0.4, -0.2) is 6.29 Å². The summed E-state index contributed by atoms with van der Waals surface area (Å²) in [7, 11) is 0. The van der Waals surface area contributed by atoms with Crippen LogP contribution >= 0.6 is 0 Å². The zero-order chi connectivity index (χ0) is 20.7. The molecule has 6 heteroatoms. The quantitative estimate of drug-likeness (QED) is 0.382. The topological polar surface area (TPSA) is 41.1 Å². The average Bonchev–Trinajstić information content (AvgIpc) is 2.72. The lowest BCUT2D eigenvalue weighted by molar-refractivity contribution is -0.137. The summed E-state index contributed by atoms with van der Waals surface area (Å²) in [4.78, 5) is 11.2. The molecule has 0 heterocycles. The van der Waals surface area contributed by atoms with E-state index in [1.165, 1.54) is 18.2 Å². The number of nitrogens with one attached hydrogen (secondary N) is 2. The van der Waals surface area contributed by atoms with Crippen LogP contribution in [0.2, 0.25) is 0 Å². The number of carbonyl (C=O) groups is 1. The second-order valence-corrected chi connectivity index (χ2v) is 6.30. The van der Waals surface area contributed by atoms with E-state index < -0.39 is 11.7 Å². The van der Waals surface area contributed by atoms with Gasteiger partial charge in [0.2, 0.25) is 0 Å². The van der Waals surface area contributed by atoms with Crippen molar-refractivity contribution in [2.75, 3.05) is 10.6 Å². The van der Waals surface area contributed by atoms with Gasteiger partial charge in [0, 0.05) is 29.6 Å². The number of hydrogen-bond donors (Lipinski definition) is 2. The molecule has 0 radical (unpaired) electrons. The number of halogens is 3. The van der Waals surface area contributed by atoms with E-state index in [0.29, 0.717) is 24.1 Å². The number of para-hydroxylation sites is 1. The molecule has 0 saturated carbocycles. The van der Waals surface area contributed by atoms with Gasteiger partial charge in [-0.25, -0.2) is 0 Å². The molecule has 2 N–H and O–H groups in total. The van der Waals surface area contributed by atoms with Gasteiger partial charge in [-0.15, -0.1) is 0 Å². The first kappa shape index (κ1) is 20.2. The smallest absolute Gasteiger partial charge is 0.380 e. The van der Waals surface area contributed by atoms with Gasteiger partial charge in [-0.05, 0) is 29.8 Å². The van der Waals surface area contributed by atoms with Crippen molar-refractivity contribution in [2.45, 2.75) is 12.7 Å². The molecule has 0 unspecified atom stereocenters. The van der Waals surface area contributed by atoms with Crippen molar-refractivity contribution in [3.63, 3.8) is 0 Å². The average molecular weight is 396 g/mol. The van der Waals surface area contributed by atoms with Crippen molar-refractivity contribution in [2.24, 2.45) is 0 Å². The van der Waals surface area contributed by atoms with E-state index in [0.717, 1.165) is 23.4 Å². The van der Waals surface area contributed by atoms with Crippen molar-refractivity contribution in [1.29, 1.82) is 0 Å². The molecule has 0 saturated heterocycles. The second-order valence-electron chi connectivity index (χ2n) is 6.30. The van der Waals surface area contributed by atoms with E-state index in [4.69, 9.17) is 0 Å². The highest BCUT2D eigenvalue weighted by Crippen LogP contribution is 2.32. The molecule has 0 aromatic heterocycles. The highest BCUT2D eigenvalue weighted by atomic mass is 19.4. The number of rotatable bonds is 7. The molecule has 0 aliphatic rings. The van der Waals surface area contributed by atoms with Gasteiger partial charge in [-0.2, -0.15) is 13.2 Å². The van der Waals surface area contributed by atoms with Crippen LogP contribution in [0.15, 0.2) is 84.9 Å². The van der Waals surface area contributed by atoms with Crippen molar-refractivity contribution in [1.82, 2.24) is 0 Å². The summed E-state index contributed by atoms with van der Waals surface area (Å²) in [6, 6.07) is 21.9. The molecule has 148 valence electrons. The molecule has 3 rings (SSSR count). The number of allylic oxidation sites excluding steroid dienone is 1. The summed E-state index contributed by atoms with van der Waals surface area (Å²) in [5.74, 6) is 0. The Morgan fingerprint density at radius 2 is 1.62 bits per heavy atom. The lowest BCUT2D eigenvalue weighted by Gasteiger charge is -2.17. The number of carbonyl (C=O) groups excluding carboxylic acids is 1. The molecule has 0 aliphatic carbocycles. The van der Waals surface area contributed by atoms with Crippen LogP contribution in [0.3, 0.4) is 0 Å². The van der Waals surface area contributed by atoms with Crippen molar-refractivity contribution in [3.05, 3.63) is 102 Å². The zero-order valence-electron chi connectivity index (χ0n) is 15.4. The highest BCUT2D eigenvalue weighted by molar-refractivity contribution is 5.91. The summed E-state index contributed by atoms with van der Waals surface area (Å²) in [6.45, 7) is 0.565. The fourth-order valence-corrected chi connectivity index (χ4v) is 2.86. The maximum absolute atomic E-state index is 13.0.